The van der Waals surface area contributed by atoms with Gasteiger partial charge in [-0.25, -0.2) is 0 Å². The van der Waals surface area contributed by atoms with E-state index in [9.17, 15) is 4.79 Å². The lowest BCUT2D eigenvalue weighted by atomic mass is 9.85. The van der Waals surface area contributed by atoms with Crippen molar-refractivity contribution in [2.45, 2.75) is 51.6 Å². The van der Waals surface area contributed by atoms with E-state index >= 15 is 0 Å². The molecule has 136 valence electrons. The average molecular weight is 349 g/mol. The summed E-state index contributed by atoms with van der Waals surface area (Å²) in [5.41, 5.74) is 0. The highest BCUT2D eigenvalue weighted by Gasteiger charge is 2.21. The molecule has 3 unspecified atom stereocenters. The third-order valence-corrected chi connectivity index (χ3v) is 4.76. The highest BCUT2D eigenvalue weighted by Crippen LogP contribution is 2.22. The van der Waals surface area contributed by atoms with Crippen molar-refractivity contribution in [3.05, 3.63) is 0 Å². The Kier molecular flexibility index (Phi) is 10.9. The molecule has 2 rings (SSSR count). The van der Waals surface area contributed by atoms with Crippen molar-refractivity contribution in [1.29, 1.82) is 0 Å². The van der Waals surface area contributed by atoms with Crippen LogP contribution in [0.2, 0.25) is 0 Å². The zero-order valence-corrected chi connectivity index (χ0v) is 15.2. The molecule has 0 aromatic carbocycles. The zero-order valence-electron chi connectivity index (χ0n) is 14.4. The minimum atomic E-state index is 0. The lowest BCUT2D eigenvalue weighted by molar-refractivity contribution is -0.122. The molecule has 23 heavy (non-hydrogen) atoms. The van der Waals surface area contributed by atoms with Crippen molar-refractivity contribution in [1.82, 2.24) is 10.6 Å². The Balaban J connectivity index is 0.00000264. The van der Waals surface area contributed by atoms with E-state index in [-0.39, 0.29) is 18.3 Å². The maximum atomic E-state index is 11.9. The van der Waals surface area contributed by atoms with Crippen LogP contribution in [-0.4, -0.2) is 51.5 Å². The van der Waals surface area contributed by atoms with Gasteiger partial charge in [0.2, 0.25) is 5.91 Å². The molecule has 1 amide bonds. The second-order valence-corrected chi connectivity index (χ2v) is 6.70. The Bertz CT molecular complexity index is 319. The van der Waals surface area contributed by atoms with Gasteiger partial charge in [-0.2, -0.15) is 0 Å². The fourth-order valence-electron chi connectivity index (χ4n) is 3.29. The predicted octanol–water partition coefficient (Wildman–Crippen LogP) is 2.14. The van der Waals surface area contributed by atoms with Gasteiger partial charge in [0, 0.05) is 26.2 Å². The summed E-state index contributed by atoms with van der Waals surface area (Å²) in [7, 11) is 0. The van der Waals surface area contributed by atoms with Gasteiger partial charge in [0.05, 0.1) is 12.7 Å². The molecule has 2 aliphatic rings. The van der Waals surface area contributed by atoms with Crippen LogP contribution in [0.15, 0.2) is 0 Å². The molecule has 2 aliphatic heterocycles. The van der Waals surface area contributed by atoms with Gasteiger partial charge in [-0.05, 0) is 57.0 Å². The van der Waals surface area contributed by atoms with Gasteiger partial charge in [-0.1, -0.05) is 6.92 Å². The Morgan fingerprint density at radius 1 is 1.39 bits per heavy atom. The summed E-state index contributed by atoms with van der Waals surface area (Å²) in [6, 6.07) is 0. The molecule has 6 heteroatoms. The van der Waals surface area contributed by atoms with E-state index in [0.29, 0.717) is 44.1 Å². The summed E-state index contributed by atoms with van der Waals surface area (Å²) in [6.45, 7) is 7.36. The van der Waals surface area contributed by atoms with Crippen LogP contribution in [0.25, 0.3) is 0 Å². The van der Waals surface area contributed by atoms with Crippen LogP contribution in [0.3, 0.4) is 0 Å². The predicted molar refractivity (Wildman–Crippen MR) is 94.0 cm³/mol. The molecule has 0 aliphatic carbocycles. The lowest BCUT2D eigenvalue weighted by Gasteiger charge is -2.28. The lowest BCUT2D eigenvalue weighted by Crippen LogP contribution is -2.35. The Labute approximate surface area is 146 Å². The molecule has 0 bridgehead atoms. The number of nitrogens with one attached hydrogen (secondary N) is 2. The van der Waals surface area contributed by atoms with Crippen LogP contribution in [0, 0.1) is 11.8 Å². The first kappa shape index (κ1) is 20.7. The second-order valence-electron chi connectivity index (χ2n) is 6.70. The van der Waals surface area contributed by atoms with E-state index in [1.807, 2.05) is 0 Å². The summed E-state index contributed by atoms with van der Waals surface area (Å²) in [5, 5.41) is 6.43. The average Bonchev–Trinajstić information content (AvgIpc) is 3.05. The van der Waals surface area contributed by atoms with Gasteiger partial charge in [-0.3, -0.25) is 4.79 Å². The summed E-state index contributed by atoms with van der Waals surface area (Å²) in [5.74, 6) is 1.29. The molecule has 0 spiro atoms. The van der Waals surface area contributed by atoms with Crippen molar-refractivity contribution in [3.63, 3.8) is 0 Å². The number of carbonyl (C=O) groups is 1. The van der Waals surface area contributed by atoms with E-state index in [1.54, 1.807) is 0 Å². The van der Waals surface area contributed by atoms with Gasteiger partial charge in [0.25, 0.3) is 0 Å². The number of piperidine rings is 1. The largest absolute Gasteiger partial charge is 0.379 e. The van der Waals surface area contributed by atoms with E-state index in [1.165, 1.54) is 12.8 Å². The number of carbonyl (C=O) groups excluding carboxylic acids is 1. The van der Waals surface area contributed by atoms with E-state index < -0.39 is 0 Å². The van der Waals surface area contributed by atoms with Crippen molar-refractivity contribution >= 4 is 18.3 Å². The number of hydrogen-bond donors (Lipinski definition) is 2. The number of halogens is 1. The molecule has 0 aromatic rings. The molecule has 2 heterocycles. The van der Waals surface area contributed by atoms with Crippen molar-refractivity contribution in [2.24, 2.45) is 11.8 Å². The summed E-state index contributed by atoms with van der Waals surface area (Å²) in [6.07, 6.45) is 6.56. The normalized spacial score (nSPS) is 25.6. The fourth-order valence-corrected chi connectivity index (χ4v) is 3.29. The van der Waals surface area contributed by atoms with Gasteiger partial charge >= 0.3 is 0 Å². The highest BCUT2D eigenvalue weighted by atomic mass is 35.5. The highest BCUT2D eigenvalue weighted by molar-refractivity contribution is 5.85. The molecule has 2 fully saturated rings. The SMILES string of the molecule is CC(CC(=O)NCCCOCC1CCCO1)C1CCCNC1.Cl. The Morgan fingerprint density at radius 3 is 2.96 bits per heavy atom. The third kappa shape index (κ3) is 8.34. The summed E-state index contributed by atoms with van der Waals surface area (Å²) < 4.78 is 11.1. The smallest absolute Gasteiger partial charge is 0.220 e. The molecular weight excluding hydrogens is 316 g/mol. The number of rotatable bonds is 9. The van der Waals surface area contributed by atoms with E-state index in [4.69, 9.17) is 9.47 Å². The fraction of sp³-hybridized carbons (Fsp3) is 0.941. The van der Waals surface area contributed by atoms with E-state index in [0.717, 1.165) is 39.0 Å². The van der Waals surface area contributed by atoms with Gasteiger partial charge in [-0.15, -0.1) is 12.4 Å². The topological polar surface area (TPSA) is 59.6 Å². The minimum Gasteiger partial charge on any atom is -0.379 e. The Hall–Kier alpha value is -0.360. The van der Waals surface area contributed by atoms with Gasteiger partial charge in [0.15, 0.2) is 0 Å². The maximum Gasteiger partial charge on any atom is 0.220 e. The monoisotopic (exact) mass is 348 g/mol. The molecular formula is C17H33ClN2O3. The van der Waals surface area contributed by atoms with Crippen LogP contribution in [0.4, 0.5) is 0 Å². The van der Waals surface area contributed by atoms with Crippen molar-refractivity contribution in [2.75, 3.05) is 39.5 Å². The number of amides is 1. The quantitative estimate of drug-likeness (QED) is 0.627. The first-order valence-electron chi connectivity index (χ1n) is 8.92. The van der Waals surface area contributed by atoms with E-state index in [2.05, 4.69) is 17.6 Å². The first-order chi connectivity index (χ1) is 10.8. The Morgan fingerprint density at radius 2 is 2.26 bits per heavy atom. The molecule has 3 atom stereocenters. The van der Waals surface area contributed by atoms with Crippen LogP contribution in [-0.2, 0) is 14.3 Å². The molecule has 0 aromatic heterocycles. The molecule has 2 N–H and O–H groups in total. The number of ether oxygens (including phenoxy) is 2. The van der Waals surface area contributed by atoms with Crippen molar-refractivity contribution in [3.8, 4) is 0 Å². The van der Waals surface area contributed by atoms with Crippen LogP contribution in [0.1, 0.15) is 45.4 Å². The van der Waals surface area contributed by atoms with Gasteiger partial charge in [0.1, 0.15) is 0 Å². The first-order valence-corrected chi connectivity index (χ1v) is 8.92. The van der Waals surface area contributed by atoms with Gasteiger partial charge < -0.3 is 20.1 Å². The van der Waals surface area contributed by atoms with Crippen molar-refractivity contribution < 1.29 is 14.3 Å². The standard InChI is InChI=1S/C17H32N2O3.ClH/c1-14(15-5-2-7-18-12-15)11-17(20)19-8-4-9-21-13-16-6-3-10-22-16;/h14-16,18H,2-13H2,1H3,(H,19,20);1H. The van der Waals surface area contributed by atoms with Crippen LogP contribution < -0.4 is 10.6 Å². The van der Waals surface area contributed by atoms with Crippen LogP contribution in [0.5, 0.6) is 0 Å². The zero-order chi connectivity index (χ0) is 15.6. The summed E-state index contributed by atoms with van der Waals surface area (Å²) in [4.78, 5) is 11.9. The number of hydrogen-bond acceptors (Lipinski definition) is 4. The third-order valence-electron chi connectivity index (χ3n) is 4.76. The molecule has 0 radical (unpaired) electrons. The molecule has 0 saturated carbocycles. The van der Waals surface area contributed by atoms with Crippen LogP contribution >= 0.6 is 12.4 Å². The molecule has 5 nitrogen and oxygen atoms in total. The minimum absolute atomic E-state index is 0. The second kappa shape index (κ2) is 12.1. The maximum absolute atomic E-state index is 11.9. The molecule has 2 saturated heterocycles. The summed E-state index contributed by atoms with van der Waals surface area (Å²) >= 11 is 0.